The number of hydrogen-bond donors (Lipinski definition) is 1. The van der Waals surface area contributed by atoms with Crippen molar-refractivity contribution >= 4 is 0 Å². The number of likely N-dealkylation sites (N-methyl/N-ethyl adjacent to an activating group) is 2. The Morgan fingerprint density at radius 1 is 0.727 bits per heavy atom. The number of aliphatic hydroxyl groups is 1. The molecule has 0 aromatic rings. The minimum Gasteiger partial charge on any atom is -0.392 e. The number of likely N-dealkylation sites (tertiary alicyclic amines) is 2. The van der Waals surface area contributed by atoms with Crippen molar-refractivity contribution in [2.75, 3.05) is 73.6 Å². The van der Waals surface area contributed by atoms with Crippen LogP contribution in [-0.4, -0.2) is 99.5 Å². The Kier molecular flexibility index (Phi) is 11.1. The summed E-state index contributed by atoms with van der Waals surface area (Å²) in [5.41, 5.74) is 0. The molecule has 0 saturated carbocycles. The number of β-amino-alcohol motifs (C(OH)–C–C–N with tert-alkyl or cyclic N) is 1. The van der Waals surface area contributed by atoms with Gasteiger partial charge in [0.1, 0.15) is 0 Å². The Hall–Kier alpha value is -0.200. The zero-order valence-electron chi connectivity index (χ0n) is 15.0. The molecule has 3 aliphatic rings. The fraction of sp³-hybridized carbons (Fsp3) is 1.00. The smallest absolute Gasteiger partial charge is 0.0679 e. The van der Waals surface area contributed by atoms with Crippen LogP contribution >= 0.6 is 0 Å². The maximum atomic E-state index is 8.86. The maximum absolute atomic E-state index is 8.86. The predicted octanol–water partition coefficient (Wildman–Crippen LogP) is 1.12. The van der Waals surface area contributed by atoms with Gasteiger partial charge in [-0.05, 0) is 53.5 Å². The molecule has 0 aromatic heterocycles. The van der Waals surface area contributed by atoms with Crippen molar-refractivity contribution in [2.24, 2.45) is 0 Å². The Labute approximate surface area is 137 Å². The first-order chi connectivity index (χ1) is 10.6. The molecule has 1 atom stereocenters. The van der Waals surface area contributed by atoms with Crippen molar-refractivity contribution in [3.8, 4) is 0 Å². The van der Waals surface area contributed by atoms with Crippen molar-refractivity contribution in [3.05, 3.63) is 0 Å². The lowest BCUT2D eigenvalue weighted by molar-refractivity contribution is 0.0503. The summed E-state index contributed by atoms with van der Waals surface area (Å²) in [5.74, 6) is 0. The van der Waals surface area contributed by atoms with Gasteiger partial charge < -0.3 is 24.5 Å². The number of morpholine rings is 1. The van der Waals surface area contributed by atoms with Gasteiger partial charge in [0.2, 0.25) is 0 Å². The van der Waals surface area contributed by atoms with Gasteiger partial charge in [-0.2, -0.15) is 0 Å². The van der Waals surface area contributed by atoms with Crippen LogP contribution in [0.15, 0.2) is 0 Å². The van der Waals surface area contributed by atoms with Crippen LogP contribution in [0.1, 0.15) is 32.1 Å². The van der Waals surface area contributed by atoms with Crippen molar-refractivity contribution < 1.29 is 9.84 Å². The van der Waals surface area contributed by atoms with Crippen molar-refractivity contribution in [3.63, 3.8) is 0 Å². The lowest BCUT2D eigenvalue weighted by Gasteiger charge is -2.21. The molecule has 5 nitrogen and oxygen atoms in total. The summed E-state index contributed by atoms with van der Waals surface area (Å²) in [7, 11) is 6.35. The molecule has 22 heavy (non-hydrogen) atoms. The second-order valence-corrected chi connectivity index (χ2v) is 6.84. The molecule has 3 heterocycles. The Balaban J connectivity index is 0.000000166. The van der Waals surface area contributed by atoms with E-state index in [1.165, 1.54) is 38.8 Å². The number of hydrogen-bond acceptors (Lipinski definition) is 5. The molecule has 132 valence electrons. The van der Waals surface area contributed by atoms with Crippen LogP contribution in [-0.2, 0) is 4.74 Å². The van der Waals surface area contributed by atoms with E-state index >= 15 is 0 Å². The number of rotatable bonds is 0. The summed E-state index contributed by atoms with van der Waals surface area (Å²) in [4.78, 5) is 6.82. The molecule has 5 heteroatoms. The Morgan fingerprint density at radius 3 is 1.59 bits per heavy atom. The van der Waals surface area contributed by atoms with Crippen molar-refractivity contribution in [2.45, 2.75) is 38.2 Å². The summed E-state index contributed by atoms with van der Waals surface area (Å²) in [6.45, 7) is 8.58. The quantitative estimate of drug-likeness (QED) is 0.725. The molecule has 0 aromatic carbocycles. The van der Waals surface area contributed by atoms with E-state index in [1.807, 2.05) is 7.05 Å². The summed E-state index contributed by atoms with van der Waals surface area (Å²) in [6.07, 6.45) is 6.63. The normalized spacial score (nSPS) is 28.1. The van der Waals surface area contributed by atoms with Crippen LogP contribution in [0.4, 0.5) is 0 Å². The molecule has 3 saturated heterocycles. The van der Waals surface area contributed by atoms with E-state index in [2.05, 4.69) is 28.8 Å². The molecule has 3 aliphatic heterocycles. The molecular formula is C17H37N3O2. The molecule has 1 N–H and O–H groups in total. The van der Waals surface area contributed by atoms with Crippen LogP contribution in [0.25, 0.3) is 0 Å². The molecule has 0 amide bonds. The third kappa shape index (κ3) is 10.5. The van der Waals surface area contributed by atoms with Gasteiger partial charge in [-0.3, -0.25) is 0 Å². The zero-order chi connectivity index (χ0) is 16.2. The fourth-order valence-electron chi connectivity index (χ4n) is 2.80. The summed E-state index contributed by atoms with van der Waals surface area (Å²) in [5, 5.41) is 8.86. The third-order valence-electron chi connectivity index (χ3n) is 4.43. The minimum atomic E-state index is -0.0509. The Bertz CT molecular complexity index is 240. The second kappa shape index (κ2) is 12.3. The highest BCUT2D eigenvalue weighted by Crippen LogP contribution is 2.06. The van der Waals surface area contributed by atoms with E-state index in [1.54, 1.807) is 0 Å². The van der Waals surface area contributed by atoms with Gasteiger partial charge in [-0.15, -0.1) is 0 Å². The topological polar surface area (TPSA) is 39.2 Å². The van der Waals surface area contributed by atoms with Gasteiger partial charge in [-0.25, -0.2) is 0 Å². The number of ether oxygens (including phenoxy) is 1. The van der Waals surface area contributed by atoms with Gasteiger partial charge >= 0.3 is 0 Å². The van der Waals surface area contributed by atoms with E-state index in [-0.39, 0.29) is 6.10 Å². The largest absolute Gasteiger partial charge is 0.392 e. The summed E-state index contributed by atoms with van der Waals surface area (Å²) < 4.78 is 5.10. The van der Waals surface area contributed by atoms with E-state index in [9.17, 15) is 0 Å². The van der Waals surface area contributed by atoms with Crippen LogP contribution in [0.3, 0.4) is 0 Å². The fourth-order valence-corrected chi connectivity index (χ4v) is 2.80. The molecule has 0 spiro atoms. The van der Waals surface area contributed by atoms with Crippen molar-refractivity contribution in [1.29, 1.82) is 0 Å². The first-order valence-electron chi connectivity index (χ1n) is 8.89. The predicted molar refractivity (Wildman–Crippen MR) is 92.4 cm³/mol. The first-order valence-corrected chi connectivity index (χ1v) is 8.89. The molecule has 0 radical (unpaired) electrons. The van der Waals surface area contributed by atoms with Gasteiger partial charge in [0.15, 0.2) is 0 Å². The van der Waals surface area contributed by atoms with Gasteiger partial charge in [-0.1, -0.05) is 12.8 Å². The Morgan fingerprint density at radius 2 is 1.27 bits per heavy atom. The zero-order valence-corrected chi connectivity index (χ0v) is 15.0. The van der Waals surface area contributed by atoms with Gasteiger partial charge in [0, 0.05) is 26.2 Å². The minimum absolute atomic E-state index is 0.0509. The highest BCUT2D eigenvalue weighted by Gasteiger charge is 2.15. The lowest BCUT2D eigenvalue weighted by Crippen LogP contribution is -2.32. The highest BCUT2D eigenvalue weighted by atomic mass is 16.5. The van der Waals surface area contributed by atoms with E-state index in [0.717, 1.165) is 45.8 Å². The summed E-state index contributed by atoms with van der Waals surface area (Å²) in [6, 6.07) is 0. The van der Waals surface area contributed by atoms with E-state index in [0.29, 0.717) is 0 Å². The van der Waals surface area contributed by atoms with Crippen molar-refractivity contribution in [1.82, 2.24) is 14.7 Å². The maximum Gasteiger partial charge on any atom is 0.0679 e. The molecule has 0 bridgehead atoms. The second-order valence-electron chi connectivity index (χ2n) is 6.84. The van der Waals surface area contributed by atoms with E-state index < -0.39 is 0 Å². The number of aliphatic hydroxyl groups excluding tert-OH is 1. The van der Waals surface area contributed by atoms with Crippen LogP contribution < -0.4 is 0 Å². The molecule has 3 fully saturated rings. The molecule has 1 unspecified atom stereocenters. The van der Waals surface area contributed by atoms with Gasteiger partial charge in [0.05, 0.1) is 19.3 Å². The van der Waals surface area contributed by atoms with Crippen LogP contribution in [0.5, 0.6) is 0 Å². The molecule has 3 rings (SSSR count). The van der Waals surface area contributed by atoms with Crippen LogP contribution in [0, 0.1) is 0 Å². The average molecular weight is 316 g/mol. The standard InChI is InChI=1S/C7H15N.2C5H11NO/c1-8-6-4-2-3-5-7-8;1-6-2-4-7-5-3-6;1-6-3-2-5(7)4-6/h2-7H2,1H3;2-5H2,1H3;5,7H,2-4H2,1H3. The highest BCUT2D eigenvalue weighted by molar-refractivity contribution is 4.70. The summed E-state index contributed by atoms with van der Waals surface area (Å²) >= 11 is 0. The monoisotopic (exact) mass is 315 g/mol. The van der Waals surface area contributed by atoms with E-state index in [4.69, 9.17) is 9.84 Å². The SMILES string of the molecule is CN1CCC(O)C1.CN1CCCCCC1.CN1CCOCC1. The first kappa shape index (κ1) is 19.8. The molecular weight excluding hydrogens is 278 g/mol. The lowest BCUT2D eigenvalue weighted by atomic mass is 10.2. The van der Waals surface area contributed by atoms with Crippen LogP contribution in [0.2, 0.25) is 0 Å². The average Bonchev–Trinajstić information content (AvgIpc) is 2.74. The number of nitrogens with zero attached hydrogens (tertiary/aromatic N) is 3. The molecule has 0 aliphatic carbocycles. The third-order valence-corrected chi connectivity index (χ3v) is 4.43. The van der Waals surface area contributed by atoms with Gasteiger partial charge in [0.25, 0.3) is 0 Å².